The molecule has 0 saturated heterocycles. The second-order valence-corrected chi connectivity index (χ2v) is 2.75. The van der Waals surface area contributed by atoms with Crippen LogP contribution >= 0.6 is 0 Å². The molecule has 1 rings (SSSR count). The van der Waals surface area contributed by atoms with E-state index in [0.29, 0.717) is 13.2 Å². The Morgan fingerprint density at radius 1 is 1.12 bits per heavy atom. The third-order valence-electron chi connectivity index (χ3n) is 1.51. The zero-order chi connectivity index (χ0) is 12.5. The average molecular weight is 240 g/mol. The maximum atomic E-state index is 8.00. The highest BCUT2D eigenvalue weighted by Gasteiger charge is 2.02. The van der Waals surface area contributed by atoms with E-state index < -0.39 is 0 Å². The number of nitrogens with two attached hydrogens (primary N) is 2. The van der Waals surface area contributed by atoms with Crippen molar-refractivity contribution in [3.8, 4) is 6.01 Å². The minimum absolute atomic E-state index is 0.00299. The summed E-state index contributed by atoms with van der Waals surface area (Å²) in [6.07, 6.45) is 0. The van der Waals surface area contributed by atoms with E-state index in [4.69, 9.17) is 26.5 Å². The Morgan fingerprint density at radius 2 is 1.82 bits per heavy atom. The molecule has 0 unspecified atom stereocenters. The van der Waals surface area contributed by atoms with Gasteiger partial charge in [-0.2, -0.15) is 15.0 Å². The quantitative estimate of drug-likeness (QED) is 0.287. The molecule has 0 amide bonds. The summed E-state index contributed by atoms with van der Waals surface area (Å²) in [4.78, 5) is 13.6. The molecule has 1 aromatic heterocycles. The molecule has 17 heavy (non-hydrogen) atoms. The van der Waals surface area contributed by atoms with Crippen LogP contribution in [0, 0.1) is 0 Å². The van der Waals surface area contributed by atoms with Crippen molar-refractivity contribution < 1.29 is 9.47 Å². The lowest BCUT2D eigenvalue weighted by Gasteiger charge is -2.05. The van der Waals surface area contributed by atoms with E-state index in [1.54, 1.807) is 0 Å². The predicted molar refractivity (Wildman–Crippen MR) is 59.0 cm³/mol. The first kappa shape index (κ1) is 12.7. The van der Waals surface area contributed by atoms with Crippen molar-refractivity contribution in [1.82, 2.24) is 15.0 Å². The third-order valence-corrected chi connectivity index (χ3v) is 1.51. The lowest BCUT2D eigenvalue weighted by Crippen LogP contribution is -2.12. The van der Waals surface area contributed by atoms with Gasteiger partial charge in [0.2, 0.25) is 11.9 Å². The molecule has 0 aliphatic heterocycles. The highest BCUT2D eigenvalue weighted by atomic mass is 16.5. The summed E-state index contributed by atoms with van der Waals surface area (Å²) >= 11 is 0. The van der Waals surface area contributed by atoms with Gasteiger partial charge in [0.25, 0.3) is 0 Å². The van der Waals surface area contributed by atoms with Gasteiger partial charge < -0.3 is 20.9 Å². The number of nitrogen functional groups attached to an aromatic ring is 2. The molecular formula is C7H12N8O2. The average Bonchev–Trinajstić information content (AvgIpc) is 2.26. The maximum absolute atomic E-state index is 8.00. The van der Waals surface area contributed by atoms with Gasteiger partial charge >= 0.3 is 6.01 Å². The Hall–Kier alpha value is -2.32. The zero-order valence-electron chi connectivity index (χ0n) is 8.98. The fourth-order valence-corrected chi connectivity index (χ4v) is 0.897. The van der Waals surface area contributed by atoms with Gasteiger partial charge in [-0.15, -0.1) is 0 Å². The van der Waals surface area contributed by atoms with Crippen LogP contribution in [0.2, 0.25) is 0 Å². The van der Waals surface area contributed by atoms with E-state index >= 15 is 0 Å². The molecule has 0 radical (unpaired) electrons. The normalized spacial score (nSPS) is 9.65. The second kappa shape index (κ2) is 7.04. The molecule has 10 heteroatoms. The monoisotopic (exact) mass is 240 g/mol. The number of hydrogen-bond acceptors (Lipinski definition) is 8. The zero-order valence-corrected chi connectivity index (χ0v) is 8.98. The van der Waals surface area contributed by atoms with Gasteiger partial charge in [0, 0.05) is 11.5 Å². The number of hydrogen-bond donors (Lipinski definition) is 2. The van der Waals surface area contributed by atoms with Gasteiger partial charge in [-0.3, -0.25) is 0 Å². The molecule has 1 heterocycles. The minimum atomic E-state index is -0.00299. The van der Waals surface area contributed by atoms with Crippen LogP contribution in [0.15, 0.2) is 5.11 Å². The van der Waals surface area contributed by atoms with E-state index in [2.05, 4.69) is 25.0 Å². The predicted octanol–water partition coefficient (Wildman–Crippen LogP) is -0.258. The number of ether oxygens (including phenoxy) is 2. The Morgan fingerprint density at radius 3 is 2.47 bits per heavy atom. The molecule has 0 saturated carbocycles. The Bertz CT molecular complexity index is 385. The first-order valence-electron chi connectivity index (χ1n) is 4.71. The highest BCUT2D eigenvalue weighted by molar-refractivity contribution is 5.27. The van der Waals surface area contributed by atoms with Crippen LogP contribution in [0.4, 0.5) is 11.9 Å². The molecular weight excluding hydrogens is 228 g/mol. The van der Waals surface area contributed by atoms with Crippen molar-refractivity contribution in [2.75, 3.05) is 37.8 Å². The SMILES string of the molecule is [N-]=[N+]=NCCOCCOc1nc(N)nc(N)n1. The van der Waals surface area contributed by atoms with Crippen LogP contribution in [0.1, 0.15) is 0 Å². The number of azide groups is 1. The number of nitrogens with zero attached hydrogens (tertiary/aromatic N) is 6. The van der Waals surface area contributed by atoms with Crippen molar-refractivity contribution in [3.63, 3.8) is 0 Å². The lowest BCUT2D eigenvalue weighted by atomic mass is 10.7. The van der Waals surface area contributed by atoms with Crippen molar-refractivity contribution in [2.45, 2.75) is 0 Å². The number of anilines is 2. The van der Waals surface area contributed by atoms with E-state index in [-0.39, 0.29) is 31.1 Å². The van der Waals surface area contributed by atoms with Gasteiger partial charge in [-0.1, -0.05) is 5.11 Å². The molecule has 0 spiro atoms. The van der Waals surface area contributed by atoms with Gasteiger partial charge in [0.15, 0.2) is 0 Å². The molecule has 0 aromatic carbocycles. The Balaban J connectivity index is 2.19. The van der Waals surface area contributed by atoms with E-state index in [1.165, 1.54) is 0 Å². The van der Waals surface area contributed by atoms with Crippen molar-refractivity contribution in [3.05, 3.63) is 10.4 Å². The van der Waals surface area contributed by atoms with Crippen LogP contribution in [0.3, 0.4) is 0 Å². The van der Waals surface area contributed by atoms with Gasteiger partial charge in [-0.05, 0) is 5.53 Å². The van der Waals surface area contributed by atoms with Crippen LogP contribution in [-0.4, -0.2) is 41.3 Å². The maximum Gasteiger partial charge on any atom is 0.323 e. The molecule has 10 nitrogen and oxygen atoms in total. The van der Waals surface area contributed by atoms with Crippen LogP contribution < -0.4 is 16.2 Å². The summed E-state index contributed by atoms with van der Waals surface area (Å²) < 4.78 is 10.2. The van der Waals surface area contributed by atoms with E-state index in [0.717, 1.165) is 0 Å². The molecule has 0 aliphatic carbocycles. The smallest absolute Gasteiger partial charge is 0.323 e. The van der Waals surface area contributed by atoms with Gasteiger partial charge in [0.1, 0.15) is 6.61 Å². The second-order valence-electron chi connectivity index (χ2n) is 2.75. The van der Waals surface area contributed by atoms with Crippen molar-refractivity contribution >= 4 is 11.9 Å². The fraction of sp³-hybridized carbons (Fsp3) is 0.571. The van der Waals surface area contributed by atoms with Crippen molar-refractivity contribution in [1.29, 1.82) is 0 Å². The molecule has 0 fully saturated rings. The third kappa shape index (κ3) is 5.35. The highest BCUT2D eigenvalue weighted by Crippen LogP contribution is 2.05. The summed E-state index contributed by atoms with van der Waals surface area (Å²) in [7, 11) is 0. The van der Waals surface area contributed by atoms with Crippen LogP contribution in [0.25, 0.3) is 10.4 Å². The Kier molecular flexibility index (Phi) is 5.28. The first-order valence-corrected chi connectivity index (χ1v) is 4.71. The van der Waals surface area contributed by atoms with Crippen LogP contribution in [0.5, 0.6) is 6.01 Å². The van der Waals surface area contributed by atoms with E-state index in [1.807, 2.05) is 0 Å². The molecule has 92 valence electrons. The van der Waals surface area contributed by atoms with Crippen molar-refractivity contribution in [2.24, 2.45) is 5.11 Å². The first-order chi connectivity index (χ1) is 8.22. The lowest BCUT2D eigenvalue weighted by molar-refractivity contribution is 0.102. The molecule has 4 N–H and O–H groups in total. The molecule has 1 aromatic rings. The molecule has 0 bridgehead atoms. The number of rotatable bonds is 7. The molecule has 0 aliphatic rings. The molecule has 0 atom stereocenters. The summed E-state index contributed by atoms with van der Waals surface area (Å²) in [5.74, 6) is -0.00597. The summed E-state index contributed by atoms with van der Waals surface area (Å²) in [6.45, 7) is 1.16. The van der Waals surface area contributed by atoms with Gasteiger partial charge in [-0.25, -0.2) is 0 Å². The number of aromatic nitrogens is 3. The van der Waals surface area contributed by atoms with E-state index in [9.17, 15) is 0 Å². The summed E-state index contributed by atoms with van der Waals surface area (Å²) in [5, 5.41) is 3.30. The largest absolute Gasteiger partial charge is 0.461 e. The Labute approximate surface area is 96.6 Å². The van der Waals surface area contributed by atoms with Gasteiger partial charge in [0.05, 0.1) is 13.2 Å². The fourth-order valence-electron chi connectivity index (χ4n) is 0.897. The standard InChI is InChI=1S/C7H12N8O2/c8-5-12-6(9)14-7(13-5)17-4-3-16-2-1-11-15-10/h1-4H2,(H4,8,9,12,13,14). The summed E-state index contributed by atoms with van der Waals surface area (Å²) in [6, 6.07) is 0.0497. The van der Waals surface area contributed by atoms with Crippen LogP contribution in [-0.2, 0) is 4.74 Å². The topological polar surface area (TPSA) is 158 Å². The summed E-state index contributed by atoms with van der Waals surface area (Å²) in [5.41, 5.74) is 18.7. The minimum Gasteiger partial charge on any atom is -0.461 e.